The van der Waals surface area contributed by atoms with Gasteiger partial charge < -0.3 is 4.98 Å². The van der Waals surface area contributed by atoms with Gasteiger partial charge in [-0.3, -0.25) is 9.55 Å². The molecule has 0 unspecified atom stereocenters. The molecule has 90 valence electrons. The minimum Gasteiger partial charge on any atom is -0.337 e. The van der Waals surface area contributed by atoms with Crippen LogP contribution in [-0.2, 0) is 5.41 Å². The van der Waals surface area contributed by atoms with Gasteiger partial charge in [0.25, 0.3) is 0 Å². The lowest BCUT2D eigenvalue weighted by atomic mass is 9.92. The molecule has 2 aromatic heterocycles. The van der Waals surface area contributed by atoms with Crippen LogP contribution in [0.15, 0.2) is 24.7 Å². The fraction of sp³-hybridized carbons (Fsp3) is 0.385. The number of imidazole rings is 1. The van der Waals surface area contributed by atoms with Gasteiger partial charge in [0.05, 0.1) is 11.9 Å². The lowest BCUT2D eigenvalue weighted by Crippen LogP contribution is -2.17. The summed E-state index contributed by atoms with van der Waals surface area (Å²) in [6.07, 6.45) is 5.63. The van der Waals surface area contributed by atoms with Gasteiger partial charge in [0.1, 0.15) is 0 Å². The van der Waals surface area contributed by atoms with Crippen LogP contribution in [0.3, 0.4) is 0 Å². The van der Waals surface area contributed by atoms with Crippen LogP contribution >= 0.6 is 12.2 Å². The molecule has 4 heteroatoms. The number of hydrogen-bond acceptors (Lipinski definition) is 2. The smallest absolute Gasteiger partial charge is 0.182 e. The summed E-state index contributed by atoms with van der Waals surface area (Å²) in [5.41, 5.74) is 3.42. The van der Waals surface area contributed by atoms with Gasteiger partial charge in [-0.05, 0) is 30.8 Å². The summed E-state index contributed by atoms with van der Waals surface area (Å²) in [5, 5.41) is 0. The molecule has 0 aliphatic rings. The van der Waals surface area contributed by atoms with E-state index in [2.05, 4.69) is 42.2 Å². The van der Waals surface area contributed by atoms with Crippen molar-refractivity contribution in [2.75, 3.05) is 0 Å². The Kier molecular flexibility index (Phi) is 2.91. The van der Waals surface area contributed by atoms with Gasteiger partial charge in [0.2, 0.25) is 0 Å². The summed E-state index contributed by atoms with van der Waals surface area (Å²) in [7, 11) is 0. The third-order valence-electron chi connectivity index (χ3n) is 2.80. The Morgan fingerprint density at radius 3 is 2.65 bits per heavy atom. The maximum atomic E-state index is 5.36. The number of aryl methyl sites for hydroxylation is 1. The van der Waals surface area contributed by atoms with Crippen LogP contribution in [0.5, 0.6) is 0 Å². The quantitative estimate of drug-likeness (QED) is 0.782. The summed E-state index contributed by atoms with van der Waals surface area (Å²) in [6.45, 7) is 8.59. The molecular formula is C13H17N3S. The Balaban J connectivity index is 2.73. The summed E-state index contributed by atoms with van der Waals surface area (Å²) >= 11 is 5.36. The van der Waals surface area contributed by atoms with Gasteiger partial charge in [0.15, 0.2) is 4.77 Å². The predicted octanol–water partition coefficient (Wildman–Crippen LogP) is 3.54. The van der Waals surface area contributed by atoms with Crippen molar-refractivity contribution in [3.63, 3.8) is 0 Å². The van der Waals surface area contributed by atoms with Gasteiger partial charge >= 0.3 is 0 Å². The Morgan fingerprint density at radius 2 is 2.06 bits per heavy atom. The summed E-state index contributed by atoms with van der Waals surface area (Å²) in [5.74, 6) is 0. The van der Waals surface area contributed by atoms with Crippen molar-refractivity contribution in [3.8, 4) is 5.69 Å². The van der Waals surface area contributed by atoms with Gasteiger partial charge in [-0.2, -0.15) is 0 Å². The van der Waals surface area contributed by atoms with Gasteiger partial charge in [-0.25, -0.2) is 0 Å². The summed E-state index contributed by atoms with van der Waals surface area (Å²) in [4.78, 5) is 7.30. The molecular weight excluding hydrogens is 230 g/mol. The predicted molar refractivity (Wildman–Crippen MR) is 72.2 cm³/mol. The van der Waals surface area contributed by atoms with E-state index in [1.807, 2.05) is 18.5 Å². The SMILES string of the molecule is Cc1ccncc1-n1c(C(C)(C)C)c[nH]c1=S. The molecule has 3 nitrogen and oxygen atoms in total. The Morgan fingerprint density at radius 1 is 1.35 bits per heavy atom. The van der Waals surface area contributed by atoms with E-state index in [1.54, 1.807) is 6.20 Å². The van der Waals surface area contributed by atoms with E-state index in [1.165, 1.54) is 11.3 Å². The fourth-order valence-electron chi connectivity index (χ4n) is 1.85. The molecule has 0 aliphatic carbocycles. The number of rotatable bonds is 1. The van der Waals surface area contributed by atoms with Crippen molar-refractivity contribution in [2.24, 2.45) is 0 Å². The van der Waals surface area contributed by atoms with Gasteiger partial charge in [-0.1, -0.05) is 20.8 Å². The first-order valence-electron chi connectivity index (χ1n) is 5.63. The molecule has 2 rings (SSSR count). The molecule has 0 aromatic carbocycles. The van der Waals surface area contributed by atoms with E-state index in [9.17, 15) is 0 Å². The van der Waals surface area contributed by atoms with E-state index in [4.69, 9.17) is 12.2 Å². The standard InChI is InChI=1S/C13H17N3S/c1-9-5-6-14-7-10(9)16-11(13(2,3)4)8-15-12(16)17/h5-8H,1-4H3,(H,15,17). The van der Waals surface area contributed by atoms with Crippen LogP contribution in [0.1, 0.15) is 32.0 Å². The summed E-state index contributed by atoms with van der Waals surface area (Å²) in [6, 6.07) is 2.00. The topological polar surface area (TPSA) is 33.6 Å². The maximum Gasteiger partial charge on any atom is 0.182 e. The lowest BCUT2D eigenvalue weighted by Gasteiger charge is -2.21. The Hall–Kier alpha value is -1.42. The second-order valence-corrected chi connectivity index (χ2v) is 5.61. The van der Waals surface area contributed by atoms with Crippen molar-refractivity contribution >= 4 is 12.2 Å². The number of aromatic amines is 1. The van der Waals surface area contributed by atoms with Crippen molar-refractivity contribution in [1.82, 2.24) is 14.5 Å². The zero-order valence-corrected chi connectivity index (χ0v) is 11.4. The fourth-order valence-corrected chi connectivity index (χ4v) is 2.11. The van der Waals surface area contributed by atoms with Crippen LogP contribution in [0.4, 0.5) is 0 Å². The second-order valence-electron chi connectivity index (χ2n) is 5.23. The molecule has 0 bridgehead atoms. The maximum absolute atomic E-state index is 5.36. The molecule has 0 fully saturated rings. The van der Waals surface area contributed by atoms with E-state index in [0.717, 1.165) is 5.69 Å². The molecule has 2 aromatic rings. The van der Waals surface area contributed by atoms with E-state index < -0.39 is 0 Å². The number of pyridine rings is 1. The largest absolute Gasteiger partial charge is 0.337 e. The third kappa shape index (κ3) is 2.17. The summed E-state index contributed by atoms with van der Waals surface area (Å²) < 4.78 is 2.78. The van der Waals surface area contributed by atoms with Crippen LogP contribution < -0.4 is 0 Å². The minimum atomic E-state index is 0.0375. The molecule has 1 N–H and O–H groups in total. The average molecular weight is 247 g/mol. The first-order valence-corrected chi connectivity index (χ1v) is 6.04. The van der Waals surface area contributed by atoms with E-state index in [0.29, 0.717) is 4.77 Å². The monoisotopic (exact) mass is 247 g/mol. The normalized spacial score (nSPS) is 11.8. The van der Waals surface area contributed by atoms with Crippen LogP contribution in [0.25, 0.3) is 5.69 Å². The highest BCUT2D eigenvalue weighted by Crippen LogP contribution is 2.26. The number of nitrogens with one attached hydrogen (secondary N) is 1. The van der Waals surface area contributed by atoms with Gasteiger partial charge in [-0.15, -0.1) is 0 Å². The van der Waals surface area contributed by atoms with E-state index >= 15 is 0 Å². The highest BCUT2D eigenvalue weighted by atomic mass is 32.1. The molecule has 2 heterocycles. The second kappa shape index (κ2) is 4.11. The first kappa shape index (κ1) is 12.0. The molecule has 0 radical (unpaired) electrons. The number of hydrogen-bond donors (Lipinski definition) is 1. The van der Waals surface area contributed by atoms with Crippen molar-refractivity contribution in [1.29, 1.82) is 0 Å². The number of H-pyrrole nitrogens is 1. The van der Waals surface area contributed by atoms with Crippen LogP contribution in [-0.4, -0.2) is 14.5 Å². The first-order chi connectivity index (χ1) is 7.91. The molecule has 0 aliphatic heterocycles. The zero-order valence-electron chi connectivity index (χ0n) is 10.6. The third-order valence-corrected chi connectivity index (χ3v) is 3.10. The van der Waals surface area contributed by atoms with Crippen LogP contribution in [0, 0.1) is 11.7 Å². The molecule has 0 atom stereocenters. The van der Waals surface area contributed by atoms with Crippen molar-refractivity contribution in [2.45, 2.75) is 33.1 Å². The average Bonchev–Trinajstić information content (AvgIpc) is 2.60. The highest BCUT2D eigenvalue weighted by Gasteiger charge is 2.20. The molecule has 0 spiro atoms. The van der Waals surface area contributed by atoms with Gasteiger partial charge in [0, 0.05) is 23.5 Å². The Bertz CT molecular complexity index is 587. The van der Waals surface area contributed by atoms with E-state index in [-0.39, 0.29) is 5.41 Å². The number of nitrogens with zero attached hydrogens (tertiary/aromatic N) is 2. The highest BCUT2D eigenvalue weighted by molar-refractivity contribution is 7.71. The molecule has 17 heavy (non-hydrogen) atoms. The Labute approximate surface area is 107 Å². The molecule has 0 amide bonds. The molecule has 0 saturated carbocycles. The lowest BCUT2D eigenvalue weighted by molar-refractivity contribution is 0.555. The van der Waals surface area contributed by atoms with Crippen LogP contribution in [0.2, 0.25) is 0 Å². The molecule has 0 saturated heterocycles. The minimum absolute atomic E-state index is 0.0375. The van der Waals surface area contributed by atoms with Crippen molar-refractivity contribution < 1.29 is 0 Å². The number of aromatic nitrogens is 3. The van der Waals surface area contributed by atoms with Crippen molar-refractivity contribution in [3.05, 3.63) is 40.7 Å². The zero-order chi connectivity index (χ0) is 12.6.